The van der Waals surface area contributed by atoms with Gasteiger partial charge in [0.05, 0.1) is 14.2 Å². The minimum Gasteiger partial charge on any atom is -0.493 e. The number of benzene rings is 2. The summed E-state index contributed by atoms with van der Waals surface area (Å²) in [6.45, 7) is 2.87. The van der Waals surface area contributed by atoms with Crippen LogP contribution in [-0.4, -0.2) is 32.2 Å². The molecular weight excluding hydrogens is 402 g/mol. The number of methoxy groups -OCH3 is 2. The van der Waals surface area contributed by atoms with Gasteiger partial charge in [-0.2, -0.15) is 0 Å². The Bertz CT molecular complexity index is 734. The van der Waals surface area contributed by atoms with Gasteiger partial charge in [-0.15, -0.1) is 12.4 Å². The van der Waals surface area contributed by atoms with E-state index in [2.05, 4.69) is 63.3 Å². The Balaban J connectivity index is 0.00000225. The maximum Gasteiger partial charge on any atom is 0.161 e. The minimum absolute atomic E-state index is 0. The molecule has 0 atom stereocenters. The van der Waals surface area contributed by atoms with Gasteiger partial charge in [-0.05, 0) is 41.3 Å². The molecule has 0 saturated heterocycles. The lowest BCUT2D eigenvalue weighted by Crippen LogP contribution is -2.31. The minimum atomic E-state index is 0. The Kier molecular flexibility index (Phi) is 7.36. The van der Waals surface area contributed by atoms with E-state index in [4.69, 9.17) is 9.47 Å². The van der Waals surface area contributed by atoms with E-state index in [9.17, 15) is 0 Å². The third kappa shape index (κ3) is 5.00. The second-order valence-electron chi connectivity index (χ2n) is 5.94. The van der Waals surface area contributed by atoms with Crippen molar-refractivity contribution in [3.05, 3.63) is 63.6 Å². The second kappa shape index (κ2) is 9.27. The van der Waals surface area contributed by atoms with Crippen LogP contribution in [0.15, 0.2) is 46.9 Å². The van der Waals surface area contributed by atoms with Crippen molar-refractivity contribution in [2.45, 2.75) is 13.0 Å². The highest BCUT2D eigenvalue weighted by Crippen LogP contribution is 2.33. The van der Waals surface area contributed by atoms with Crippen LogP contribution in [0.2, 0.25) is 0 Å². The van der Waals surface area contributed by atoms with Gasteiger partial charge < -0.3 is 9.47 Å². The molecule has 0 aromatic heterocycles. The molecule has 1 heterocycles. The van der Waals surface area contributed by atoms with E-state index in [0.717, 1.165) is 37.6 Å². The van der Waals surface area contributed by atoms with E-state index in [1.165, 1.54) is 21.2 Å². The number of hydrogen-bond acceptors (Lipinski definition) is 3. The maximum atomic E-state index is 5.43. The van der Waals surface area contributed by atoms with Gasteiger partial charge >= 0.3 is 0 Å². The van der Waals surface area contributed by atoms with Crippen molar-refractivity contribution in [1.82, 2.24) is 4.90 Å². The predicted molar refractivity (Wildman–Crippen MR) is 109 cm³/mol. The van der Waals surface area contributed by atoms with E-state index >= 15 is 0 Å². The van der Waals surface area contributed by atoms with Crippen molar-refractivity contribution in [3.8, 4) is 11.5 Å². The van der Waals surface area contributed by atoms with Crippen LogP contribution in [0.5, 0.6) is 11.5 Å². The van der Waals surface area contributed by atoms with Crippen LogP contribution >= 0.6 is 28.3 Å². The van der Waals surface area contributed by atoms with Crippen molar-refractivity contribution in [2.24, 2.45) is 0 Å². The van der Waals surface area contributed by atoms with Gasteiger partial charge in [0.25, 0.3) is 0 Å². The van der Waals surface area contributed by atoms with Crippen molar-refractivity contribution >= 4 is 34.4 Å². The molecule has 1 aliphatic heterocycles. The molecule has 5 heteroatoms. The molecule has 2 aromatic rings. The highest BCUT2D eigenvalue weighted by atomic mass is 79.9. The Hall–Kier alpha value is -1.49. The molecule has 1 aliphatic rings. The van der Waals surface area contributed by atoms with E-state index in [-0.39, 0.29) is 12.4 Å². The molecule has 25 heavy (non-hydrogen) atoms. The molecule has 0 radical (unpaired) electrons. The summed E-state index contributed by atoms with van der Waals surface area (Å²) in [7, 11) is 3.37. The number of ether oxygens (including phenoxy) is 2. The average Bonchev–Trinajstić information content (AvgIpc) is 2.61. The van der Waals surface area contributed by atoms with Crippen LogP contribution < -0.4 is 9.47 Å². The van der Waals surface area contributed by atoms with Gasteiger partial charge in [-0.3, -0.25) is 4.90 Å². The van der Waals surface area contributed by atoms with Gasteiger partial charge in [0.1, 0.15) is 0 Å². The molecule has 0 spiro atoms. The summed E-state index contributed by atoms with van der Waals surface area (Å²) in [4.78, 5) is 2.44. The summed E-state index contributed by atoms with van der Waals surface area (Å²) in [5.41, 5.74) is 3.89. The molecule has 0 fully saturated rings. The summed E-state index contributed by atoms with van der Waals surface area (Å²) in [5.74, 6) is 1.62. The zero-order valence-electron chi connectivity index (χ0n) is 14.5. The molecule has 2 aromatic carbocycles. The van der Waals surface area contributed by atoms with Crippen molar-refractivity contribution < 1.29 is 9.47 Å². The Morgan fingerprint density at radius 1 is 1.08 bits per heavy atom. The van der Waals surface area contributed by atoms with Crippen LogP contribution in [0.4, 0.5) is 0 Å². The number of fused-ring (bicyclic) bond motifs is 1. The number of nitrogens with zero attached hydrogens (tertiary/aromatic N) is 1. The maximum absolute atomic E-state index is 5.43. The van der Waals surface area contributed by atoms with Crippen molar-refractivity contribution in [3.63, 3.8) is 0 Å². The predicted octanol–water partition coefficient (Wildman–Crippen LogP) is 4.92. The normalized spacial score (nSPS) is 14.4. The van der Waals surface area contributed by atoms with E-state index in [1.54, 1.807) is 14.2 Å². The molecule has 0 amide bonds. The fourth-order valence-corrected chi connectivity index (χ4v) is 3.68. The summed E-state index contributed by atoms with van der Waals surface area (Å²) in [5, 5.41) is 0. The zero-order chi connectivity index (χ0) is 16.9. The van der Waals surface area contributed by atoms with Crippen molar-refractivity contribution in [1.29, 1.82) is 0 Å². The quantitative estimate of drug-likeness (QED) is 0.680. The number of halogens is 2. The summed E-state index contributed by atoms with van der Waals surface area (Å²) < 4.78 is 12.0. The van der Waals surface area contributed by atoms with Crippen LogP contribution in [0.25, 0.3) is 6.08 Å². The fraction of sp³-hybridized carbons (Fsp3) is 0.300. The van der Waals surface area contributed by atoms with Gasteiger partial charge in [0.15, 0.2) is 11.5 Å². The topological polar surface area (TPSA) is 21.7 Å². The van der Waals surface area contributed by atoms with Crippen LogP contribution in [-0.2, 0) is 13.0 Å². The first-order valence-electron chi connectivity index (χ1n) is 8.07. The SMILES string of the molecule is COc1cc2c(cc1OC)CN(CC(Br)=Cc1ccccc1)CC2.Cl. The fourth-order valence-electron chi connectivity index (χ4n) is 3.07. The number of hydrogen-bond donors (Lipinski definition) is 0. The lowest BCUT2D eigenvalue weighted by Gasteiger charge is -2.29. The Morgan fingerprint density at radius 2 is 1.72 bits per heavy atom. The molecular formula is C20H23BrClNO2. The van der Waals surface area contributed by atoms with Crippen LogP contribution in [0.1, 0.15) is 16.7 Å². The molecule has 134 valence electrons. The highest BCUT2D eigenvalue weighted by Gasteiger charge is 2.19. The average molecular weight is 425 g/mol. The third-order valence-electron chi connectivity index (χ3n) is 4.29. The summed E-state index contributed by atoms with van der Waals surface area (Å²) >= 11 is 3.72. The molecule has 0 aliphatic carbocycles. The van der Waals surface area contributed by atoms with Crippen molar-refractivity contribution in [2.75, 3.05) is 27.3 Å². The Labute approximate surface area is 164 Å². The van der Waals surface area contributed by atoms with E-state index in [1.807, 2.05) is 6.07 Å². The molecule has 0 unspecified atom stereocenters. The molecule has 3 rings (SSSR count). The molecule has 0 saturated carbocycles. The zero-order valence-corrected chi connectivity index (χ0v) is 16.9. The molecule has 0 N–H and O–H groups in total. The van der Waals surface area contributed by atoms with Gasteiger partial charge in [0, 0.05) is 24.1 Å². The first kappa shape index (κ1) is 19.8. The van der Waals surface area contributed by atoms with Gasteiger partial charge in [0.2, 0.25) is 0 Å². The van der Waals surface area contributed by atoms with Gasteiger partial charge in [-0.1, -0.05) is 46.3 Å². The van der Waals surface area contributed by atoms with Gasteiger partial charge in [-0.25, -0.2) is 0 Å². The Morgan fingerprint density at radius 3 is 2.36 bits per heavy atom. The lowest BCUT2D eigenvalue weighted by atomic mass is 9.99. The highest BCUT2D eigenvalue weighted by molar-refractivity contribution is 9.11. The summed E-state index contributed by atoms with van der Waals surface area (Å²) in [6, 6.07) is 14.6. The first-order valence-corrected chi connectivity index (χ1v) is 8.86. The third-order valence-corrected chi connectivity index (χ3v) is 4.77. The monoisotopic (exact) mass is 423 g/mol. The first-order chi connectivity index (χ1) is 11.7. The van der Waals surface area contributed by atoms with E-state index in [0.29, 0.717) is 0 Å². The smallest absolute Gasteiger partial charge is 0.161 e. The summed E-state index contributed by atoms with van der Waals surface area (Å²) in [6.07, 6.45) is 3.21. The van der Waals surface area contributed by atoms with Crippen LogP contribution in [0.3, 0.4) is 0 Å². The van der Waals surface area contributed by atoms with Crippen LogP contribution in [0, 0.1) is 0 Å². The number of rotatable bonds is 5. The molecule has 3 nitrogen and oxygen atoms in total. The lowest BCUT2D eigenvalue weighted by molar-refractivity contribution is 0.278. The second-order valence-corrected chi connectivity index (χ2v) is 6.96. The largest absolute Gasteiger partial charge is 0.493 e. The molecule has 0 bridgehead atoms. The standard InChI is InChI=1S/C20H22BrNO2.ClH/c1-23-19-11-16-8-9-22(13-17(16)12-20(19)24-2)14-18(21)10-15-6-4-3-5-7-15;/h3-7,10-12H,8-9,13-14H2,1-2H3;1H. The van der Waals surface area contributed by atoms with E-state index < -0.39 is 0 Å².